The Morgan fingerprint density at radius 2 is 1.85 bits per heavy atom. The third-order valence-corrected chi connectivity index (χ3v) is 5.76. The molecule has 0 spiro atoms. The number of nitrogens with zero attached hydrogens (tertiary/aromatic N) is 3. The lowest BCUT2D eigenvalue weighted by atomic mass is 10.0. The molecule has 0 aliphatic rings. The number of aliphatic imine (C=N–C) groups is 2. The van der Waals surface area contributed by atoms with E-state index >= 15 is 0 Å². The fourth-order valence-electron chi connectivity index (χ4n) is 2.44. The van der Waals surface area contributed by atoms with Crippen molar-refractivity contribution >= 4 is 45.4 Å². The molecular weight excluding hydrogens is 406 g/mol. The zero-order valence-electron chi connectivity index (χ0n) is 16.1. The van der Waals surface area contributed by atoms with E-state index in [1.54, 1.807) is 11.8 Å². The SMILES string of the molecule is CCN(C)/C=N\c1cc(C)c(/C(CSc2ccc(Br)cc2)=N/C)cc1C. The molecule has 0 unspecified atom stereocenters. The van der Waals surface area contributed by atoms with Gasteiger partial charge in [0, 0.05) is 35.8 Å². The van der Waals surface area contributed by atoms with Crippen LogP contribution in [0.25, 0.3) is 0 Å². The highest BCUT2D eigenvalue weighted by atomic mass is 79.9. The van der Waals surface area contributed by atoms with Gasteiger partial charge in [-0.1, -0.05) is 15.9 Å². The summed E-state index contributed by atoms with van der Waals surface area (Å²) in [7, 11) is 3.90. The van der Waals surface area contributed by atoms with Gasteiger partial charge in [0.1, 0.15) is 0 Å². The second-order valence-corrected chi connectivity index (χ2v) is 8.15. The summed E-state index contributed by atoms with van der Waals surface area (Å²) in [6, 6.07) is 12.8. The van der Waals surface area contributed by atoms with Crippen LogP contribution in [0.2, 0.25) is 0 Å². The maximum atomic E-state index is 4.62. The maximum Gasteiger partial charge on any atom is 0.0909 e. The Morgan fingerprint density at radius 3 is 2.46 bits per heavy atom. The van der Waals surface area contributed by atoms with Crippen LogP contribution in [0.5, 0.6) is 0 Å². The molecule has 0 saturated carbocycles. The van der Waals surface area contributed by atoms with Gasteiger partial charge in [0.2, 0.25) is 0 Å². The highest BCUT2D eigenvalue weighted by molar-refractivity contribution is 9.10. The van der Waals surface area contributed by atoms with Crippen molar-refractivity contribution in [1.29, 1.82) is 0 Å². The summed E-state index contributed by atoms with van der Waals surface area (Å²) in [5, 5.41) is 0. The van der Waals surface area contributed by atoms with E-state index in [-0.39, 0.29) is 0 Å². The van der Waals surface area contributed by atoms with Crippen LogP contribution in [-0.2, 0) is 0 Å². The van der Waals surface area contributed by atoms with E-state index in [1.165, 1.54) is 21.6 Å². The average molecular weight is 432 g/mol. The fourth-order valence-corrected chi connectivity index (χ4v) is 3.62. The molecular formula is C21H26BrN3S. The van der Waals surface area contributed by atoms with E-state index < -0.39 is 0 Å². The highest BCUT2D eigenvalue weighted by Crippen LogP contribution is 2.26. The highest BCUT2D eigenvalue weighted by Gasteiger charge is 2.10. The van der Waals surface area contributed by atoms with Crippen LogP contribution >= 0.6 is 27.7 Å². The van der Waals surface area contributed by atoms with Crippen molar-refractivity contribution in [3.05, 3.63) is 57.6 Å². The predicted molar refractivity (Wildman–Crippen MR) is 120 cm³/mol. The minimum Gasteiger partial charge on any atom is -0.366 e. The first-order valence-electron chi connectivity index (χ1n) is 8.64. The molecule has 0 radical (unpaired) electrons. The summed E-state index contributed by atoms with van der Waals surface area (Å²) in [4.78, 5) is 12.5. The van der Waals surface area contributed by atoms with Crippen molar-refractivity contribution in [2.24, 2.45) is 9.98 Å². The molecule has 2 rings (SSSR count). The van der Waals surface area contributed by atoms with E-state index in [4.69, 9.17) is 0 Å². The van der Waals surface area contributed by atoms with Gasteiger partial charge < -0.3 is 4.90 Å². The predicted octanol–water partition coefficient (Wildman–Crippen LogP) is 5.89. The first-order valence-corrected chi connectivity index (χ1v) is 10.4. The number of halogens is 1. The molecule has 5 heteroatoms. The zero-order valence-corrected chi connectivity index (χ0v) is 18.5. The first-order chi connectivity index (χ1) is 12.4. The van der Waals surface area contributed by atoms with Crippen LogP contribution in [0.4, 0.5) is 5.69 Å². The Balaban J connectivity index is 2.18. The molecule has 2 aromatic carbocycles. The van der Waals surface area contributed by atoms with Gasteiger partial charge in [-0.3, -0.25) is 4.99 Å². The van der Waals surface area contributed by atoms with Crippen molar-refractivity contribution in [2.75, 3.05) is 26.4 Å². The topological polar surface area (TPSA) is 28.0 Å². The minimum absolute atomic E-state index is 0.847. The molecule has 0 bridgehead atoms. The summed E-state index contributed by atoms with van der Waals surface area (Å²) >= 11 is 5.28. The normalized spacial score (nSPS) is 12.0. The number of hydrogen-bond acceptors (Lipinski definition) is 3. The van der Waals surface area contributed by atoms with Crippen molar-refractivity contribution in [3.63, 3.8) is 0 Å². The number of rotatable bonds is 7. The average Bonchev–Trinajstić information content (AvgIpc) is 2.64. The van der Waals surface area contributed by atoms with Crippen LogP contribution in [0, 0.1) is 13.8 Å². The first kappa shape index (κ1) is 20.7. The molecule has 138 valence electrons. The third-order valence-electron chi connectivity index (χ3n) is 4.21. The Hall–Kier alpha value is -1.59. The molecule has 26 heavy (non-hydrogen) atoms. The largest absolute Gasteiger partial charge is 0.366 e. The third kappa shape index (κ3) is 5.71. The Labute approximate surface area is 169 Å². The molecule has 0 N–H and O–H groups in total. The summed E-state index contributed by atoms with van der Waals surface area (Å²) in [6.07, 6.45) is 1.89. The summed E-state index contributed by atoms with van der Waals surface area (Å²) in [5.41, 5.74) is 5.71. The molecule has 0 aliphatic heterocycles. The van der Waals surface area contributed by atoms with Gasteiger partial charge in [0.15, 0.2) is 0 Å². The van der Waals surface area contributed by atoms with Gasteiger partial charge in [-0.2, -0.15) is 0 Å². The molecule has 0 atom stereocenters. The second kappa shape index (κ2) is 9.93. The Morgan fingerprint density at radius 1 is 1.15 bits per heavy atom. The van der Waals surface area contributed by atoms with Crippen LogP contribution in [-0.4, -0.2) is 43.3 Å². The van der Waals surface area contributed by atoms with Gasteiger partial charge in [-0.15, -0.1) is 11.8 Å². The molecule has 0 saturated heterocycles. The van der Waals surface area contributed by atoms with E-state index in [0.717, 1.165) is 28.2 Å². The Kier molecular flexibility index (Phi) is 7.91. The van der Waals surface area contributed by atoms with Crippen molar-refractivity contribution in [3.8, 4) is 0 Å². The number of aryl methyl sites for hydroxylation is 2. The van der Waals surface area contributed by atoms with Gasteiger partial charge in [0.05, 0.1) is 17.7 Å². The molecule has 2 aromatic rings. The van der Waals surface area contributed by atoms with Gasteiger partial charge in [0.25, 0.3) is 0 Å². The number of benzene rings is 2. The van der Waals surface area contributed by atoms with Gasteiger partial charge in [-0.05, 0) is 73.9 Å². The minimum atomic E-state index is 0.847. The van der Waals surface area contributed by atoms with Crippen molar-refractivity contribution < 1.29 is 0 Å². The van der Waals surface area contributed by atoms with Gasteiger partial charge >= 0.3 is 0 Å². The quantitative estimate of drug-likeness (QED) is 0.310. The summed E-state index contributed by atoms with van der Waals surface area (Å²) in [5.74, 6) is 0.847. The fraction of sp³-hybridized carbons (Fsp3) is 0.333. The lowest BCUT2D eigenvalue weighted by molar-refractivity contribution is 0.552. The monoisotopic (exact) mass is 431 g/mol. The lowest BCUT2D eigenvalue weighted by Gasteiger charge is -2.13. The second-order valence-electron chi connectivity index (χ2n) is 6.18. The summed E-state index contributed by atoms with van der Waals surface area (Å²) < 4.78 is 1.10. The molecule has 0 fully saturated rings. The van der Waals surface area contributed by atoms with Crippen LogP contribution < -0.4 is 0 Å². The van der Waals surface area contributed by atoms with E-state index in [1.807, 2.05) is 20.4 Å². The molecule has 0 heterocycles. The molecule has 0 amide bonds. The van der Waals surface area contributed by atoms with Crippen molar-refractivity contribution in [1.82, 2.24) is 4.90 Å². The molecule has 3 nitrogen and oxygen atoms in total. The van der Waals surface area contributed by atoms with Crippen molar-refractivity contribution in [2.45, 2.75) is 25.7 Å². The standard InChI is InChI=1S/C21H26BrN3S/c1-6-25(5)14-24-20-12-15(2)19(11-16(20)3)21(23-4)13-26-18-9-7-17(22)8-10-18/h7-12,14H,6,13H2,1-5H3/b23-21+,24-14-. The zero-order chi connectivity index (χ0) is 19.1. The maximum absolute atomic E-state index is 4.62. The summed E-state index contributed by atoms with van der Waals surface area (Å²) in [6.45, 7) is 7.29. The number of thioether (sulfide) groups is 1. The van der Waals surface area contributed by atoms with Gasteiger partial charge in [-0.25, -0.2) is 4.99 Å². The molecule has 0 aromatic heterocycles. The van der Waals surface area contributed by atoms with E-state index in [2.05, 4.69) is 88.0 Å². The lowest BCUT2D eigenvalue weighted by Crippen LogP contribution is -2.14. The van der Waals surface area contributed by atoms with Crippen LogP contribution in [0.15, 0.2) is 55.8 Å². The smallest absolute Gasteiger partial charge is 0.0909 e. The molecule has 0 aliphatic carbocycles. The van der Waals surface area contributed by atoms with E-state index in [0.29, 0.717) is 0 Å². The Bertz CT molecular complexity index is 798. The van der Waals surface area contributed by atoms with Crippen LogP contribution in [0.1, 0.15) is 23.6 Å². The van der Waals surface area contributed by atoms with E-state index in [9.17, 15) is 0 Å². The van der Waals surface area contributed by atoms with Crippen LogP contribution in [0.3, 0.4) is 0 Å². The number of hydrogen-bond donors (Lipinski definition) is 0.